The van der Waals surface area contributed by atoms with Crippen LogP contribution in [0.1, 0.15) is 15.9 Å². The Morgan fingerprint density at radius 1 is 1.32 bits per heavy atom. The number of aromatic hydroxyl groups is 1. The number of phenols is 1. The van der Waals surface area contributed by atoms with Crippen molar-refractivity contribution in [2.75, 3.05) is 11.1 Å². The average molecular weight is 260 g/mol. The number of nitrogens with two attached hydrogens (primary N) is 1. The first kappa shape index (κ1) is 12.9. The molecule has 0 atom stereocenters. The number of hydrogen-bond acceptors (Lipinski definition) is 3. The fraction of sp³-hybridized carbons (Fsp3) is 0.0714. The van der Waals surface area contributed by atoms with E-state index in [2.05, 4.69) is 5.32 Å². The molecule has 0 aromatic heterocycles. The number of halogens is 1. The molecule has 4 N–H and O–H groups in total. The van der Waals surface area contributed by atoms with Gasteiger partial charge >= 0.3 is 0 Å². The third kappa shape index (κ3) is 2.65. The standard InChI is InChI=1S/C14H13FN2O2/c1-8-10(3-2-4-12(8)16)14(19)17-9-5-6-13(18)11(15)7-9/h2-7,18H,16H2,1H3,(H,17,19). The summed E-state index contributed by atoms with van der Waals surface area (Å²) in [7, 11) is 0. The van der Waals surface area contributed by atoms with Crippen LogP contribution in [0.15, 0.2) is 36.4 Å². The molecule has 2 rings (SSSR count). The maximum atomic E-state index is 13.2. The molecule has 2 aromatic carbocycles. The molecule has 0 bridgehead atoms. The number of anilines is 2. The van der Waals surface area contributed by atoms with Gasteiger partial charge in [0.1, 0.15) is 0 Å². The number of benzene rings is 2. The van der Waals surface area contributed by atoms with E-state index in [1.54, 1.807) is 25.1 Å². The zero-order valence-corrected chi connectivity index (χ0v) is 10.3. The Morgan fingerprint density at radius 3 is 2.74 bits per heavy atom. The van der Waals surface area contributed by atoms with Crippen LogP contribution in [0, 0.1) is 12.7 Å². The van der Waals surface area contributed by atoms with E-state index < -0.39 is 11.6 Å². The molecule has 0 fully saturated rings. The number of nitrogens with one attached hydrogen (secondary N) is 1. The molecule has 5 heteroatoms. The lowest BCUT2D eigenvalue weighted by molar-refractivity contribution is 0.102. The van der Waals surface area contributed by atoms with Crippen molar-refractivity contribution in [2.24, 2.45) is 0 Å². The van der Waals surface area contributed by atoms with Gasteiger partial charge in [0.05, 0.1) is 0 Å². The van der Waals surface area contributed by atoms with Crippen LogP contribution in [0.4, 0.5) is 15.8 Å². The molecule has 0 saturated heterocycles. The van der Waals surface area contributed by atoms with Gasteiger partial charge in [-0.3, -0.25) is 4.79 Å². The van der Waals surface area contributed by atoms with E-state index in [0.29, 0.717) is 16.8 Å². The average Bonchev–Trinajstić information content (AvgIpc) is 2.37. The highest BCUT2D eigenvalue weighted by Crippen LogP contribution is 2.21. The second-order valence-corrected chi connectivity index (χ2v) is 4.14. The third-order valence-corrected chi connectivity index (χ3v) is 2.83. The Kier molecular flexibility index (Phi) is 3.37. The van der Waals surface area contributed by atoms with Gasteiger partial charge in [0.25, 0.3) is 5.91 Å². The summed E-state index contributed by atoms with van der Waals surface area (Å²) in [5.74, 6) is -1.63. The number of nitrogen functional groups attached to an aromatic ring is 1. The Bertz CT molecular complexity index is 641. The smallest absolute Gasteiger partial charge is 0.256 e. The molecular weight excluding hydrogens is 247 g/mol. The maximum absolute atomic E-state index is 13.2. The van der Waals surface area contributed by atoms with Gasteiger partial charge in [-0.15, -0.1) is 0 Å². The van der Waals surface area contributed by atoms with Gasteiger partial charge in [0.2, 0.25) is 0 Å². The van der Waals surface area contributed by atoms with Gasteiger partial charge in [-0.05, 0) is 36.8 Å². The fourth-order valence-electron chi connectivity index (χ4n) is 1.68. The molecule has 0 aliphatic rings. The number of rotatable bonds is 2. The molecule has 0 heterocycles. The molecule has 0 aliphatic carbocycles. The Balaban J connectivity index is 2.26. The largest absolute Gasteiger partial charge is 0.505 e. The van der Waals surface area contributed by atoms with Crippen LogP contribution in [0.5, 0.6) is 5.75 Å². The van der Waals surface area contributed by atoms with Gasteiger partial charge in [-0.1, -0.05) is 6.07 Å². The van der Waals surface area contributed by atoms with E-state index >= 15 is 0 Å². The number of carbonyl (C=O) groups excluding carboxylic acids is 1. The first-order valence-electron chi connectivity index (χ1n) is 5.64. The van der Waals surface area contributed by atoms with Gasteiger partial charge in [0.15, 0.2) is 11.6 Å². The summed E-state index contributed by atoms with van der Waals surface area (Å²) < 4.78 is 13.2. The predicted octanol–water partition coefficient (Wildman–Crippen LogP) is 2.67. The molecule has 0 saturated carbocycles. The lowest BCUT2D eigenvalue weighted by Crippen LogP contribution is -2.14. The van der Waals surface area contributed by atoms with Crippen LogP contribution >= 0.6 is 0 Å². The number of amides is 1. The van der Waals surface area contributed by atoms with Gasteiger partial charge in [-0.25, -0.2) is 4.39 Å². The first-order chi connectivity index (χ1) is 8.99. The molecule has 0 aliphatic heterocycles. The first-order valence-corrected chi connectivity index (χ1v) is 5.64. The molecule has 4 nitrogen and oxygen atoms in total. The molecular formula is C14H13FN2O2. The number of carbonyl (C=O) groups is 1. The molecule has 19 heavy (non-hydrogen) atoms. The number of phenolic OH excluding ortho intramolecular Hbond substituents is 1. The Hall–Kier alpha value is -2.56. The van der Waals surface area contributed by atoms with Crippen LogP contribution in [0.2, 0.25) is 0 Å². The van der Waals surface area contributed by atoms with Crippen molar-refractivity contribution in [3.05, 3.63) is 53.3 Å². The van der Waals surface area contributed by atoms with E-state index in [1.807, 2.05) is 0 Å². The lowest BCUT2D eigenvalue weighted by atomic mass is 10.1. The van der Waals surface area contributed by atoms with Crippen molar-refractivity contribution < 1.29 is 14.3 Å². The van der Waals surface area contributed by atoms with Crippen LogP contribution < -0.4 is 11.1 Å². The lowest BCUT2D eigenvalue weighted by Gasteiger charge is -2.09. The van der Waals surface area contributed by atoms with Crippen LogP contribution in [0.25, 0.3) is 0 Å². The molecule has 98 valence electrons. The summed E-state index contributed by atoms with van der Waals surface area (Å²) in [5.41, 5.74) is 7.60. The van der Waals surface area contributed by atoms with Crippen LogP contribution in [-0.4, -0.2) is 11.0 Å². The van der Waals surface area contributed by atoms with E-state index in [0.717, 1.165) is 6.07 Å². The normalized spacial score (nSPS) is 10.2. The van der Waals surface area contributed by atoms with E-state index in [-0.39, 0.29) is 11.6 Å². The van der Waals surface area contributed by atoms with Crippen molar-refractivity contribution in [3.63, 3.8) is 0 Å². The van der Waals surface area contributed by atoms with Crippen molar-refractivity contribution in [2.45, 2.75) is 6.92 Å². The van der Waals surface area contributed by atoms with E-state index in [4.69, 9.17) is 10.8 Å². The zero-order valence-electron chi connectivity index (χ0n) is 10.3. The molecule has 0 spiro atoms. The molecule has 0 radical (unpaired) electrons. The SMILES string of the molecule is Cc1c(N)cccc1C(=O)Nc1ccc(O)c(F)c1. The molecule has 1 amide bonds. The highest BCUT2D eigenvalue weighted by molar-refractivity contribution is 6.06. The van der Waals surface area contributed by atoms with E-state index in [9.17, 15) is 9.18 Å². The highest BCUT2D eigenvalue weighted by Gasteiger charge is 2.11. The van der Waals surface area contributed by atoms with Crippen molar-refractivity contribution >= 4 is 17.3 Å². The summed E-state index contributed by atoms with van der Waals surface area (Å²) >= 11 is 0. The summed E-state index contributed by atoms with van der Waals surface area (Å²) in [4.78, 5) is 12.0. The molecule has 2 aromatic rings. The van der Waals surface area contributed by atoms with Gasteiger partial charge < -0.3 is 16.2 Å². The quantitative estimate of drug-likeness (QED) is 0.574. The monoisotopic (exact) mass is 260 g/mol. The second kappa shape index (κ2) is 4.97. The number of hydrogen-bond donors (Lipinski definition) is 3. The Morgan fingerprint density at radius 2 is 2.05 bits per heavy atom. The second-order valence-electron chi connectivity index (χ2n) is 4.14. The third-order valence-electron chi connectivity index (χ3n) is 2.83. The van der Waals surface area contributed by atoms with Crippen molar-refractivity contribution in [1.29, 1.82) is 0 Å². The van der Waals surface area contributed by atoms with Gasteiger partial charge in [0, 0.05) is 23.0 Å². The summed E-state index contributed by atoms with van der Waals surface area (Å²) in [5, 5.41) is 11.6. The summed E-state index contributed by atoms with van der Waals surface area (Å²) in [6.07, 6.45) is 0. The van der Waals surface area contributed by atoms with Crippen LogP contribution in [-0.2, 0) is 0 Å². The molecule has 0 unspecified atom stereocenters. The minimum Gasteiger partial charge on any atom is -0.505 e. The van der Waals surface area contributed by atoms with E-state index in [1.165, 1.54) is 12.1 Å². The van der Waals surface area contributed by atoms with Crippen LogP contribution in [0.3, 0.4) is 0 Å². The minimum absolute atomic E-state index is 0.266. The minimum atomic E-state index is -0.790. The maximum Gasteiger partial charge on any atom is 0.256 e. The summed E-state index contributed by atoms with van der Waals surface area (Å²) in [6, 6.07) is 8.66. The van der Waals surface area contributed by atoms with Crippen molar-refractivity contribution in [3.8, 4) is 5.75 Å². The van der Waals surface area contributed by atoms with Crippen molar-refractivity contribution in [1.82, 2.24) is 0 Å². The zero-order chi connectivity index (χ0) is 14.0. The summed E-state index contributed by atoms with van der Waals surface area (Å²) in [6.45, 7) is 1.74. The predicted molar refractivity (Wildman–Crippen MR) is 71.6 cm³/mol. The fourth-order valence-corrected chi connectivity index (χ4v) is 1.68. The topological polar surface area (TPSA) is 75.4 Å². The highest BCUT2D eigenvalue weighted by atomic mass is 19.1. The Labute approximate surface area is 109 Å². The van der Waals surface area contributed by atoms with Gasteiger partial charge in [-0.2, -0.15) is 0 Å².